The summed E-state index contributed by atoms with van der Waals surface area (Å²) in [6, 6.07) is 6.53. The van der Waals surface area contributed by atoms with E-state index in [1.807, 2.05) is 27.0 Å². The van der Waals surface area contributed by atoms with Crippen molar-refractivity contribution in [2.45, 2.75) is 84.9 Å². The van der Waals surface area contributed by atoms with Gasteiger partial charge in [0.25, 0.3) is 0 Å². The van der Waals surface area contributed by atoms with E-state index in [2.05, 4.69) is 44.3 Å². The van der Waals surface area contributed by atoms with Gasteiger partial charge in [-0.2, -0.15) is 0 Å². The summed E-state index contributed by atoms with van der Waals surface area (Å²) in [4.78, 5) is 17.0. The predicted octanol–water partition coefficient (Wildman–Crippen LogP) is 5.01. The minimum absolute atomic E-state index is 0.00868. The first-order valence-corrected chi connectivity index (χ1v) is 11.7. The number of rotatable bonds is 6. The number of amidine groups is 1. The largest absolute Gasteiger partial charge is 0.490 e. The minimum Gasteiger partial charge on any atom is -0.490 e. The van der Waals surface area contributed by atoms with Crippen molar-refractivity contribution < 1.29 is 9.53 Å². The van der Waals surface area contributed by atoms with Crippen molar-refractivity contribution in [1.82, 2.24) is 5.32 Å². The lowest BCUT2D eigenvalue weighted by atomic mass is 9.90. The van der Waals surface area contributed by atoms with E-state index < -0.39 is 0 Å². The highest BCUT2D eigenvalue weighted by atomic mass is 32.2. The zero-order chi connectivity index (χ0) is 21.8. The van der Waals surface area contributed by atoms with Crippen molar-refractivity contribution in [3.8, 4) is 5.75 Å². The Morgan fingerprint density at radius 3 is 2.62 bits per heavy atom. The van der Waals surface area contributed by atoms with Crippen LogP contribution in [0.25, 0.3) is 0 Å². The maximum absolute atomic E-state index is 12.2. The number of hydrogen-bond donors (Lipinski definition) is 2. The average Bonchev–Trinajstić information content (AvgIpc) is 2.65. The molecular formula is C23H37N3O2S. The van der Waals surface area contributed by atoms with E-state index in [-0.39, 0.29) is 29.5 Å². The second kappa shape index (κ2) is 9.88. The van der Waals surface area contributed by atoms with Crippen LogP contribution in [-0.4, -0.2) is 29.5 Å². The zero-order valence-corrected chi connectivity index (χ0v) is 19.7. The van der Waals surface area contributed by atoms with Crippen LogP contribution >= 0.6 is 11.8 Å². The number of aliphatic imine (C=N–C) groups is 1. The molecule has 0 bridgehead atoms. The second-order valence-electron chi connectivity index (χ2n) is 9.32. The van der Waals surface area contributed by atoms with E-state index in [0.717, 1.165) is 30.6 Å². The van der Waals surface area contributed by atoms with Crippen molar-refractivity contribution in [1.29, 1.82) is 0 Å². The van der Waals surface area contributed by atoms with Gasteiger partial charge in [-0.15, -0.1) is 0 Å². The van der Waals surface area contributed by atoms with Gasteiger partial charge in [-0.25, -0.2) is 0 Å². The van der Waals surface area contributed by atoms with Gasteiger partial charge < -0.3 is 15.8 Å². The summed E-state index contributed by atoms with van der Waals surface area (Å²) >= 11 is 1.47. The van der Waals surface area contributed by atoms with Gasteiger partial charge in [-0.05, 0) is 49.6 Å². The lowest BCUT2D eigenvalue weighted by Crippen LogP contribution is -2.41. The number of amides is 1. The summed E-state index contributed by atoms with van der Waals surface area (Å²) in [5.41, 5.74) is 8.08. The van der Waals surface area contributed by atoms with Gasteiger partial charge in [0.15, 0.2) is 5.17 Å². The Balaban J connectivity index is 2.11. The fourth-order valence-corrected chi connectivity index (χ4v) is 3.58. The Kier molecular flexibility index (Phi) is 8.03. The van der Waals surface area contributed by atoms with Crippen LogP contribution in [0.15, 0.2) is 23.2 Å². The van der Waals surface area contributed by atoms with Gasteiger partial charge in [-0.3, -0.25) is 9.79 Å². The molecule has 1 amide bonds. The van der Waals surface area contributed by atoms with Crippen molar-refractivity contribution in [3.63, 3.8) is 0 Å². The lowest BCUT2D eigenvalue weighted by molar-refractivity contribution is -0.129. The molecule has 162 valence electrons. The van der Waals surface area contributed by atoms with E-state index in [1.54, 1.807) is 0 Å². The average molecular weight is 420 g/mol. The summed E-state index contributed by atoms with van der Waals surface area (Å²) in [6.07, 6.45) is 4.53. The molecule has 3 N–H and O–H groups in total. The number of carbonyl (C=O) groups is 1. The Bertz CT molecular complexity index is 740. The molecule has 29 heavy (non-hydrogen) atoms. The molecule has 1 aromatic carbocycles. The monoisotopic (exact) mass is 419 g/mol. The molecule has 0 unspecified atom stereocenters. The van der Waals surface area contributed by atoms with Crippen LogP contribution in [0.5, 0.6) is 5.75 Å². The third-order valence-electron chi connectivity index (χ3n) is 5.31. The van der Waals surface area contributed by atoms with E-state index >= 15 is 0 Å². The quantitative estimate of drug-likeness (QED) is 0.502. The third-order valence-corrected chi connectivity index (χ3v) is 5.84. The van der Waals surface area contributed by atoms with E-state index in [4.69, 9.17) is 15.5 Å². The highest BCUT2D eigenvalue weighted by molar-refractivity contribution is 8.13. The SMILES string of the molecule is CSC(N)=N[C@@H]1C[C@H](CC[C@H](C)NC(=O)C(C)(C)C)Oc2ccc(C(C)C)cc21. The van der Waals surface area contributed by atoms with Crippen LogP contribution in [0.2, 0.25) is 0 Å². The van der Waals surface area contributed by atoms with Crippen LogP contribution in [0.1, 0.15) is 83.9 Å². The van der Waals surface area contributed by atoms with Gasteiger partial charge in [-0.1, -0.05) is 52.4 Å². The van der Waals surface area contributed by atoms with Gasteiger partial charge in [0, 0.05) is 23.4 Å². The van der Waals surface area contributed by atoms with Crippen molar-refractivity contribution in [2.75, 3.05) is 6.26 Å². The Hall–Kier alpha value is -1.69. The molecule has 0 aromatic heterocycles. The maximum Gasteiger partial charge on any atom is 0.225 e. The number of ether oxygens (including phenoxy) is 1. The standard InChI is InChI=1S/C23H37N3O2S/c1-14(2)16-9-11-20-18(12-16)19(26-22(24)29-7)13-17(28-20)10-8-15(3)25-21(27)23(4,5)6/h9,11-12,14-15,17,19H,8,10,13H2,1-7H3,(H2,24,26)(H,25,27)/t15-,17-,19+/m0/s1. The molecular weight excluding hydrogens is 382 g/mol. The molecule has 1 aliphatic heterocycles. The van der Waals surface area contributed by atoms with Crippen LogP contribution < -0.4 is 15.8 Å². The number of thioether (sulfide) groups is 1. The highest BCUT2D eigenvalue weighted by Crippen LogP contribution is 2.40. The molecule has 3 atom stereocenters. The molecule has 0 aliphatic carbocycles. The smallest absolute Gasteiger partial charge is 0.225 e. The number of nitrogens with two attached hydrogens (primary N) is 1. The summed E-state index contributed by atoms with van der Waals surface area (Å²) < 4.78 is 6.31. The molecule has 0 saturated heterocycles. The Morgan fingerprint density at radius 2 is 2.03 bits per heavy atom. The van der Waals surface area contributed by atoms with Gasteiger partial charge >= 0.3 is 0 Å². The normalized spacial score (nSPS) is 20.8. The first kappa shape index (κ1) is 23.6. The summed E-state index contributed by atoms with van der Waals surface area (Å²) in [6.45, 7) is 12.2. The molecule has 6 heteroatoms. The van der Waals surface area contributed by atoms with E-state index in [1.165, 1.54) is 17.3 Å². The van der Waals surface area contributed by atoms with Crippen LogP contribution in [-0.2, 0) is 4.79 Å². The highest BCUT2D eigenvalue weighted by Gasteiger charge is 2.30. The van der Waals surface area contributed by atoms with Crippen molar-refractivity contribution in [3.05, 3.63) is 29.3 Å². The van der Waals surface area contributed by atoms with E-state index in [0.29, 0.717) is 11.1 Å². The minimum atomic E-state index is -0.377. The van der Waals surface area contributed by atoms with Gasteiger partial charge in [0.05, 0.1) is 6.04 Å². The number of hydrogen-bond acceptors (Lipinski definition) is 4. The Labute approximate surface area is 180 Å². The Morgan fingerprint density at radius 1 is 1.34 bits per heavy atom. The van der Waals surface area contributed by atoms with Gasteiger partial charge in [0.1, 0.15) is 11.9 Å². The molecule has 5 nitrogen and oxygen atoms in total. The van der Waals surface area contributed by atoms with Crippen LogP contribution in [0, 0.1) is 5.41 Å². The molecule has 0 fully saturated rings. The molecule has 0 saturated carbocycles. The van der Waals surface area contributed by atoms with Crippen LogP contribution in [0.4, 0.5) is 0 Å². The summed E-state index contributed by atoms with van der Waals surface area (Å²) in [7, 11) is 0. The molecule has 2 rings (SSSR count). The molecule has 1 heterocycles. The number of nitrogens with zero attached hydrogens (tertiary/aromatic N) is 1. The maximum atomic E-state index is 12.2. The van der Waals surface area contributed by atoms with Crippen molar-refractivity contribution in [2.24, 2.45) is 16.1 Å². The molecule has 1 aromatic rings. The first-order chi connectivity index (χ1) is 13.5. The summed E-state index contributed by atoms with van der Waals surface area (Å²) in [5.74, 6) is 1.43. The van der Waals surface area contributed by atoms with Crippen LogP contribution in [0.3, 0.4) is 0 Å². The molecule has 1 aliphatic rings. The summed E-state index contributed by atoms with van der Waals surface area (Å²) in [5, 5.41) is 3.71. The van der Waals surface area contributed by atoms with Crippen molar-refractivity contribution >= 4 is 22.8 Å². The van der Waals surface area contributed by atoms with E-state index in [9.17, 15) is 4.79 Å². The third kappa shape index (κ3) is 6.66. The number of nitrogens with one attached hydrogen (secondary N) is 1. The lowest BCUT2D eigenvalue weighted by Gasteiger charge is -2.32. The number of fused-ring (bicyclic) bond motifs is 1. The number of benzene rings is 1. The second-order valence-corrected chi connectivity index (χ2v) is 10.1. The predicted molar refractivity (Wildman–Crippen MR) is 124 cm³/mol. The first-order valence-electron chi connectivity index (χ1n) is 10.5. The fourth-order valence-electron chi connectivity index (χ4n) is 3.35. The number of carbonyl (C=O) groups excluding carboxylic acids is 1. The molecule has 0 radical (unpaired) electrons. The zero-order valence-electron chi connectivity index (χ0n) is 18.9. The van der Waals surface area contributed by atoms with Gasteiger partial charge in [0.2, 0.25) is 5.91 Å². The molecule has 0 spiro atoms. The topological polar surface area (TPSA) is 76.7 Å². The fraction of sp³-hybridized carbons (Fsp3) is 0.652.